The number of aromatic amines is 1. The Kier molecular flexibility index (Phi) is 9.04. The van der Waals surface area contributed by atoms with Gasteiger partial charge in [-0.15, -0.1) is 0 Å². The van der Waals surface area contributed by atoms with E-state index in [1.165, 1.54) is 0 Å². The first kappa shape index (κ1) is 32.1. The van der Waals surface area contributed by atoms with Gasteiger partial charge in [-0.05, 0) is 43.2 Å². The fourth-order valence-electron chi connectivity index (χ4n) is 6.86. The minimum absolute atomic E-state index is 0.0545. The maximum Gasteiger partial charge on any atom is 0.449 e. The van der Waals surface area contributed by atoms with E-state index < -0.39 is 6.09 Å². The first-order valence-electron chi connectivity index (χ1n) is 15.9. The number of ketones is 1. The largest absolute Gasteiger partial charge is 0.462 e. The number of imidazole rings is 1. The van der Waals surface area contributed by atoms with E-state index >= 15 is 0 Å². The van der Waals surface area contributed by atoms with E-state index in [0.29, 0.717) is 54.5 Å². The molecule has 48 heavy (non-hydrogen) atoms. The molecule has 3 atom stereocenters. The second-order valence-corrected chi connectivity index (χ2v) is 12.3. The number of hydrogen-bond acceptors (Lipinski definition) is 5. The van der Waals surface area contributed by atoms with Crippen LogP contribution in [0.4, 0.5) is 10.5 Å². The lowest BCUT2D eigenvalue weighted by Crippen LogP contribution is -2.71. The molecule has 0 aliphatic carbocycles. The number of piperidine rings is 1. The number of nitrogens with one attached hydrogen (secondary N) is 4. The van der Waals surface area contributed by atoms with Crippen molar-refractivity contribution in [3.05, 3.63) is 131 Å². The smallest absolute Gasteiger partial charge is 0.449 e. The molecule has 0 radical (unpaired) electrons. The van der Waals surface area contributed by atoms with Crippen molar-refractivity contribution in [2.24, 2.45) is 5.73 Å². The molecule has 1 aliphatic heterocycles. The van der Waals surface area contributed by atoms with Crippen molar-refractivity contribution in [2.75, 3.05) is 6.54 Å². The lowest BCUT2D eigenvalue weighted by molar-refractivity contribution is 0.0621. The molecule has 0 bridgehead atoms. The van der Waals surface area contributed by atoms with Crippen LogP contribution in [-0.2, 0) is 6.42 Å². The van der Waals surface area contributed by atoms with Crippen molar-refractivity contribution in [3.8, 4) is 0 Å². The molecule has 5 aromatic rings. The average molecular weight is 645 g/mol. The summed E-state index contributed by atoms with van der Waals surface area (Å²) in [7, 11) is 0. The van der Waals surface area contributed by atoms with Gasteiger partial charge in [0.1, 0.15) is 24.2 Å². The van der Waals surface area contributed by atoms with E-state index in [1.807, 2.05) is 55.5 Å². The first-order chi connectivity index (χ1) is 23.1. The standard InChI is InChI=1S/C37H37N7O4/c1-23-40-32-17-16-30(22-33(32)41-23)44(43-37(47)48)19-18-28(42-36(46)26-10-6-3-7-11-26)21-29(44)15-14-24-12-13-27(20-31(24)35(38)39)34(45)25-8-4-2-5-9-25/h2-13,16-17,20,22,28-29,43H,14-15,18-19,21H2,1H3,(H5-,38,39,40,41,42,46,47,48)/p+1. The summed E-state index contributed by atoms with van der Waals surface area (Å²) in [6.45, 7) is 2.26. The molecule has 1 aliphatic rings. The van der Waals surface area contributed by atoms with Crippen molar-refractivity contribution < 1.29 is 19.5 Å². The van der Waals surface area contributed by atoms with Crippen molar-refractivity contribution in [3.63, 3.8) is 0 Å². The van der Waals surface area contributed by atoms with Crippen molar-refractivity contribution in [1.82, 2.24) is 25.3 Å². The van der Waals surface area contributed by atoms with Gasteiger partial charge in [-0.25, -0.2) is 9.78 Å². The number of nitrogen functional groups attached to an aromatic ring is 1. The Morgan fingerprint density at radius 2 is 1.67 bits per heavy atom. The zero-order valence-corrected chi connectivity index (χ0v) is 26.6. The number of H-pyrrole nitrogens is 1. The normalized spacial score (nSPS) is 19.0. The Morgan fingerprint density at radius 1 is 0.958 bits per heavy atom. The highest BCUT2D eigenvalue weighted by Crippen LogP contribution is 2.36. The Morgan fingerprint density at radius 3 is 2.35 bits per heavy atom. The van der Waals surface area contributed by atoms with E-state index in [4.69, 9.17) is 11.1 Å². The monoisotopic (exact) mass is 644 g/mol. The van der Waals surface area contributed by atoms with Crippen LogP contribution in [0.2, 0.25) is 0 Å². The number of rotatable bonds is 10. The van der Waals surface area contributed by atoms with Crippen LogP contribution in [-0.4, -0.2) is 57.3 Å². The predicted molar refractivity (Wildman–Crippen MR) is 185 cm³/mol. The van der Waals surface area contributed by atoms with Crippen molar-refractivity contribution in [2.45, 2.75) is 44.7 Å². The zero-order valence-electron chi connectivity index (χ0n) is 26.6. The van der Waals surface area contributed by atoms with Crippen LogP contribution >= 0.6 is 0 Å². The Balaban J connectivity index is 1.34. The lowest BCUT2D eigenvalue weighted by atomic mass is 9.88. The van der Waals surface area contributed by atoms with E-state index in [-0.39, 0.29) is 34.2 Å². The minimum atomic E-state index is -1.17. The molecule has 4 aromatic carbocycles. The molecule has 1 saturated heterocycles. The molecule has 3 unspecified atom stereocenters. The molecule has 6 rings (SSSR count). The van der Waals surface area contributed by atoms with Gasteiger partial charge < -0.3 is 21.1 Å². The summed E-state index contributed by atoms with van der Waals surface area (Å²) in [5.74, 6) is 0.246. The van der Waals surface area contributed by atoms with Gasteiger partial charge in [0.2, 0.25) is 0 Å². The van der Waals surface area contributed by atoms with E-state index in [9.17, 15) is 19.5 Å². The molecular weight excluding hydrogens is 606 g/mol. The van der Waals surface area contributed by atoms with Crippen LogP contribution in [0.3, 0.4) is 0 Å². The number of nitrogens with two attached hydrogens (primary N) is 1. The summed E-state index contributed by atoms with van der Waals surface area (Å²) >= 11 is 0. The molecule has 0 spiro atoms. The number of amides is 2. The number of amidine groups is 1. The van der Waals surface area contributed by atoms with E-state index in [0.717, 1.165) is 28.1 Å². The second kappa shape index (κ2) is 13.5. The Labute approximate surface area is 277 Å². The highest BCUT2D eigenvalue weighted by Gasteiger charge is 2.47. The molecule has 1 aromatic heterocycles. The topological polar surface area (TPSA) is 174 Å². The maximum atomic E-state index is 13.2. The SMILES string of the molecule is Cc1nc2ccc([N+]3(NC(=O)O)CCC(NC(=O)c4ccccc4)CC3CCc3ccc(C(=O)c4ccccc4)cc3C(=N)N)cc2[nH]1. The predicted octanol–water partition coefficient (Wildman–Crippen LogP) is 5.47. The van der Waals surface area contributed by atoms with Crippen LogP contribution in [0.15, 0.2) is 97.1 Å². The van der Waals surface area contributed by atoms with Gasteiger partial charge in [0.15, 0.2) is 11.5 Å². The van der Waals surface area contributed by atoms with Crippen LogP contribution in [0.1, 0.15) is 62.5 Å². The van der Waals surface area contributed by atoms with E-state index in [2.05, 4.69) is 20.7 Å². The van der Waals surface area contributed by atoms with Gasteiger partial charge in [0.25, 0.3) is 5.91 Å². The summed E-state index contributed by atoms with van der Waals surface area (Å²) in [6.07, 6.45) is 0.791. The third kappa shape index (κ3) is 6.67. The summed E-state index contributed by atoms with van der Waals surface area (Å²) in [6, 6.07) is 28.4. The van der Waals surface area contributed by atoms with Crippen LogP contribution in [0.25, 0.3) is 11.0 Å². The molecular formula is C37H38N7O4+. The van der Waals surface area contributed by atoms with Gasteiger partial charge >= 0.3 is 6.09 Å². The number of benzene rings is 4. The molecule has 7 N–H and O–H groups in total. The number of aromatic nitrogens is 2. The van der Waals surface area contributed by atoms with Crippen LogP contribution in [0.5, 0.6) is 0 Å². The quantitative estimate of drug-likeness (QED) is 0.0509. The molecule has 1 fully saturated rings. The molecule has 11 nitrogen and oxygen atoms in total. The number of hydrogen-bond donors (Lipinski definition) is 6. The van der Waals surface area contributed by atoms with Crippen LogP contribution in [0, 0.1) is 12.3 Å². The van der Waals surface area contributed by atoms with Gasteiger partial charge in [0, 0.05) is 59.7 Å². The lowest BCUT2D eigenvalue weighted by Gasteiger charge is -2.47. The minimum Gasteiger partial charge on any atom is -0.462 e. The third-order valence-corrected chi connectivity index (χ3v) is 9.17. The molecule has 0 saturated carbocycles. The van der Waals surface area contributed by atoms with Crippen LogP contribution < -0.4 is 21.1 Å². The summed E-state index contributed by atoms with van der Waals surface area (Å²) in [5, 5.41) is 21.7. The number of carbonyl (C=O) groups excluding carboxylic acids is 2. The Hall–Kier alpha value is -5.81. The highest BCUT2D eigenvalue weighted by molar-refractivity contribution is 6.10. The number of fused-ring (bicyclic) bond motifs is 1. The fraction of sp³-hybridized carbons (Fsp3) is 0.216. The highest BCUT2D eigenvalue weighted by atomic mass is 16.4. The number of carbonyl (C=O) groups is 3. The fourth-order valence-corrected chi connectivity index (χ4v) is 6.86. The summed E-state index contributed by atoms with van der Waals surface area (Å²) in [4.78, 5) is 46.6. The summed E-state index contributed by atoms with van der Waals surface area (Å²) in [5.41, 5.74) is 14.0. The van der Waals surface area contributed by atoms with Crippen molar-refractivity contribution >= 4 is 40.3 Å². The van der Waals surface area contributed by atoms with Gasteiger partial charge in [-0.2, -0.15) is 10.0 Å². The first-order valence-corrected chi connectivity index (χ1v) is 15.9. The van der Waals surface area contributed by atoms with Gasteiger partial charge in [-0.3, -0.25) is 15.0 Å². The number of nitrogens with zero attached hydrogens (tertiary/aromatic N) is 2. The molecule has 11 heteroatoms. The maximum absolute atomic E-state index is 13.2. The zero-order chi connectivity index (χ0) is 33.8. The number of aryl methyl sites for hydroxylation is 2. The molecule has 244 valence electrons. The second-order valence-electron chi connectivity index (χ2n) is 12.3. The van der Waals surface area contributed by atoms with Crippen molar-refractivity contribution in [1.29, 1.82) is 5.41 Å². The van der Waals surface area contributed by atoms with Gasteiger partial charge in [0.05, 0.1) is 11.0 Å². The molecule has 2 amide bonds. The van der Waals surface area contributed by atoms with Gasteiger partial charge in [-0.1, -0.05) is 60.7 Å². The molecule has 2 heterocycles. The Bertz CT molecular complexity index is 1990. The summed E-state index contributed by atoms with van der Waals surface area (Å²) < 4.78 is -0.0545. The average Bonchev–Trinajstić information content (AvgIpc) is 3.47. The number of carboxylic acid groups (broad SMARTS) is 1. The third-order valence-electron chi connectivity index (χ3n) is 9.17. The number of quaternary nitrogens is 1. The van der Waals surface area contributed by atoms with E-state index in [1.54, 1.807) is 48.5 Å².